The SMILES string of the molecule is Cc1cscc1C(=O)N(C)[C@H]1CCCC[C@H]1S(C)(=O)=O. The Kier molecular flexibility index (Phi) is 4.54. The number of thiophene rings is 1. The average molecular weight is 315 g/mol. The number of carbonyl (C=O) groups is 1. The molecular weight excluding hydrogens is 294 g/mol. The van der Waals surface area contributed by atoms with Crippen molar-refractivity contribution in [3.05, 3.63) is 21.9 Å². The molecule has 20 heavy (non-hydrogen) atoms. The Labute approximate surface area is 124 Å². The molecule has 6 heteroatoms. The fraction of sp³-hybridized carbons (Fsp3) is 0.643. The first-order valence-corrected chi connectivity index (χ1v) is 9.71. The Balaban J connectivity index is 2.24. The number of aryl methyl sites for hydroxylation is 1. The Bertz CT molecular complexity index is 591. The largest absolute Gasteiger partial charge is 0.337 e. The Morgan fingerprint density at radius 1 is 1.30 bits per heavy atom. The number of rotatable bonds is 3. The van der Waals surface area contributed by atoms with Crippen molar-refractivity contribution in [2.24, 2.45) is 0 Å². The number of nitrogens with zero attached hydrogens (tertiary/aromatic N) is 1. The summed E-state index contributed by atoms with van der Waals surface area (Å²) >= 11 is 1.50. The molecule has 0 N–H and O–H groups in total. The predicted molar refractivity (Wildman–Crippen MR) is 82.0 cm³/mol. The lowest BCUT2D eigenvalue weighted by Gasteiger charge is -2.37. The van der Waals surface area contributed by atoms with Gasteiger partial charge >= 0.3 is 0 Å². The lowest BCUT2D eigenvalue weighted by Crippen LogP contribution is -2.49. The minimum Gasteiger partial charge on any atom is -0.337 e. The first-order chi connectivity index (χ1) is 9.32. The van der Waals surface area contributed by atoms with Crippen LogP contribution in [0.1, 0.15) is 41.6 Å². The van der Waals surface area contributed by atoms with Crippen molar-refractivity contribution in [2.45, 2.75) is 43.9 Å². The molecule has 0 bridgehead atoms. The van der Waals surface area contributed by atoms with Crippen molar-refractivity contribution < 1.29 is 13.2 Å². The maximum atomic E-state index is 12.5. The van der Waals surface area contributed by atoms with Gasteiger partial charge in [-0.05, 0) is 30.7 Å². The molecule has 0 aliphatic heterocycles. The van der Waals surface area contributed by atoms with E-state index in [4.69, 9.17) is 0 Å². The van der Waals surface area contributed by atoms with Crippen molar-refractivity contribution in [1.29, 1.82) is 0 Å². The van der Waals surface area contributed by atoms with Gasteiger partial charge in [0.25, 0.3) is 5.91 Å². The topological polar surface area (TPSA) is 54.5 Å². The second-order valence-electron chi connectivity index (χ2n) is 5.60. The van der Waals surface area contributed by atoms with Gasteiger partial charge in [-0.15, -0.1) is 0 Å². The van der Waals surface area contributed by atoms with Gasteiger partial charge < -0.3 is 4.90 Å². The highest BCUT2D eigenvalue weighted by Gasteiger charge is 2.37. The van der Waals surface area contributed by atoms with Gasteiger partial charge in [-0.2, -0.15) is 11.3 Å². The summed E-state index contributed by atoms with van der Waals surface area (Å²) in [5.74, 6) is -0.0655. The zero-order valence-corrected chi connectivity index (χ0v) is 13.8. The normalized spacial score (nSPS) is 23.6. The summed E-state index contributed by atoms with van der Waals surface area (Å²) in [6.45, 7) is 1.91. The minimum atomic E-state index is -3.12. The van der Waals surface area contributed by atoms with Crippen LogP contribution in [0.4, 0.5) is 0 Å². The summed E-state index contributed by atoms with van der Waals surface area (Å²) < 4.78 is 23.9. The molecule has 112 valence electrons. The van der Waals surface area contributed by atoms with Crippen molar-refractivity contribution in [3.8, 4) is 0 Å². The lowest BCUT2D eigenvalue weighted by atomic mass is 9.93. The summed E-state index contributed by atoms with van der Waals surface area (Å²) in [7, 11) is -1.39. The summed E-state index contributed by atoms with van der Waals surface area (Å²) in [6, 6.07) is -0.203. The van der Waals surface area contributed by atoms with E-state index in [9.17, 15) is 13.2 Å². The number of sulfone groups is 1. The van der Waals surface area contributed by atoms with E-state index in [2.05, 4.69) is 0 Å². The van der Waals surface area contributed by atoms with Crippen LogP contribution in [0.25, 0.3) is 0 Å². The van der Waals surface area contributed by atoms with Gasteiger partial charge in [-0.3, -0.25) is 4.79 Å². The van der Waals surface area contributed by atoms with Gasteiger partial charge in [0.2, 0.25) is 0 Å². The minimum absolute atomic E-state index is 0.0655. The monoisotopic (exact) mass is 315 g/mol. The highest BCUT2D eigenvalue weighted by molar-refractivity contribution is 7.91. The van der Waals surface area contributed by atoms with Crippen LogP contribution in [0.5, 0.6) is 0 Å². The standard InChI is InChI=1S/C14H21NO3S2/c1-10-8-19-9-11(10)14(16)15(2)12-6-4-5-7-13(12)20(3,17)18/h8-9,12-13H,4-7H2,1-3H3/t12-,13+/m0/s1. The highest BCUT2D eigenvalue weighted by Crippen LogP contribution is 2.29. The molecule has 0 saturated heterocycles. The van der Waals surface area contributed by atoms with Crippen LogP contribution in [-0.2, 0) is 9.84 Å². The molecule has 1 saturated carbocycles. The molecule has 0 radical (unpaired) electrons. The van der Waals surface area contributed by atoms with Gasteiger partial charge in [-0.25, -0.2) is 8.42 Å². The van der Waals surface area contributed by atoms with E-state index in [0.29, 0.717) is 12.0 Å². The van der Waals surface area contributed by atoms with Crippen LogP contribution >= 0.6 is 11.3 Å². The van der Waals surface area contributed by atoms with E-state index < -0.39 is 15.1 Å². The molecule has 1 aliphatic carbocycles. The van der Waals surface area contributed by atoms with Crippen molar-refractivity contribution in [2.75, 3.05) is 13.3 Å². The highest BCUT2D eigenvalue weighted by atomic mass is 32.2. The van der Waals surface area contributed by atoms with Crippen molar-refractivity contribution in [1.82, 2.24) is 4.90 Å². The summed E-state index contributed by atoms with van der Waals surface area (Å²) in [6.07, 6.45) is 4.61. The van der Waals surface area contributed by atoms with Gasteiger partial charge in [0.05, 0.1) is 10.8 Å². The van der Waals surface area contributed by atoms with E-state index in [-0.39, 0.29) is 11.9 Å². The summed E-state index contributed by atoms with van der Waals surface area (Å²) in [4.78, 5) is 14.2. The fourth-order valence-corrected chi connectivity index (χ4v) is 5.25. The number of hydrogen-bond donors (Lipinski definition) is 0. The van der Waals surface area contributed by atoms with E-state index in [1.54, 1.807) is 11.9 Å². The zero-order chi connectivity index (χ0) is 14.9. The van der Waals surface area contributed by atoms with Crippen LogP contribution in [0, 0.1) is 6.92 Å². The molecule has 1 aromatic heterocycles. The van der Waals surface area contributed by atoms with Crippen LogP contribution < -0.4 is 0 Å². The molecule has 0 unspecified atom stereocenters. The third-order valence-electron chi connectivity index (χ3n) is 4.12. The summed E-state index contributed by atoms with van der Waals surface area (Å²) in [5, 5.41) is 3.35. The van der Waals surface area contributed by atoms with Crippen LogP contribution in [0.2, 0.25) is 0 Å². The van der Waals surface area contributed by atoms with Crippen molar-refractivity contribution in [3.63, 3.8) is 0 Å². The Morgan fingerprint density at radius 3 is 2.50 bits per heavy atom. The first-order valence-electron chi connectivity index (χ1n) is 6.81. The van der Waals surface area contributed by atoms with Crippen molar-refractivity contribution >= 4 is 27.1 Å². The second kappa shape index (κ2) is 5.85. The zero-order valence-electron chi connectivity index (χ0n) is 12.1. The second-order valence-corrected chi connectivity index (χ2v) is 8.61. The molecule has 1 aromatic rings. The first kappa shape index (κ1) is 15.5. The quantitative estimate of drug-likeness (QED) is 0.861. The lowest BCUT2D eigenvalue weighted by molar-refractivity contribution is 0.0700. The molecule has 0 aromatic carbocycles. The van der Waals surface area contributed by atoms with E-state index in [1.165, 1.54) is 17.6 Å². The number of carbonyl (C=O) groups excluding carboxylic acids is 1. The van der Waals surface area contributed by atoms with Gasteiger partial charge in [0.15, 0.2) is 9.84 Å². The number of hydrogen-bond acceptors (Lipinski definition) is 4. The molecular formula is C14H21NO3S2. The molecule has 1 aliphatic rings. The molecule has 2 rings (SSSR count). The van der Waals surface area contributed by atoms with E-state index in [1.807, 2.05) is 17.7 Å². The van der Waals surface area contributed by atoms with Crippen LogP contribution in [0.3, 0.4) is 0 Å². The molecule has 1 amide bonds. The maximum Gasteiger partial charge on any atom is 0.254 e. The van der Waals surface area contributed by atoms with E-state index >= 15 is 0 Å². The fourth-order valence-electron chi connectivity index (χ4n) is 2.94. The third-order valence-corrected chi connectivity index (χ3v) is 6.63. The smallest absolute Gasteiger partial charge is 0.254 e. The molecule has 1 fully saturated rings. The third kappa shape index (κ3) is 3.06. The molecule has 0 spiro atoms. The van der Waals surface area contributed by atoms with Gasteiger partial charge in [0.1, 0.15) is 0 Å². The average Bonchev–Trinajstić information content (AvgIpc) is 2.82. The maximum absolute atomic E-state index is 12.5. The Hall–Kier alpha value is -0.880. The molecule has 1 heterocycles. The van der Waals surface area contributed by atoms with Crippen LogP contribution in [-0.4, -0.2) is 43.8 Å². The van der Waals surface area contributed by atoms with Gasteiger partial charge in [-0.1, -0.05) is 12.8 Å². The Morgan fingerprint density at radius 2 is 1.95 bits per heavy atom. The molecule has 4 nitrogen and oxygen atoms in total. The number of amides is 1. The van der Waals surface area contributed by atoms with Gasteiger partial charge in [0, 0.05) is 24.7 Å². The predicted octanol–water partition coefficient (Wildman–Crippen LogP) is 2.48. The summed E-state index contributed by atoms with van der Waals surface area (Å²) in [5.41, 5.74) is 1.65. The van der Waals surface area contributed by atoms with Crippen LogP contribution in [0.15, 0.2) is 10.8 Å². The van der Waals surface area contributed by atoms with E-state index in [0.717, 1.165) is 24.8 Å². The molecule has 2 atom stereocenters.